The first-order valence-corrected chi connectivity index (χ1v) is 4.70. The van der Waals surface area contributed by atoms with Crippen molar-refractivity contribution in [1.29, 1.82) is 0 Å². The van der Waals surface area contributed by atoms with Gasteiger partial charge in [-0.05, 0) is 20.8 Å². The smallest absolute Gasteiger partial charge is 0.431 e. The standard InChI is InChI=1S/C9H15NO5/c1-9(2,3)14-8(12)10-15-6-4-5-13-7(6)11/h6H,4-5H2,1-3H3,(H,10,12)/t6-/m1/s1. The normalized spacial score (nSPS) is 21.0. The third-order valence-electron chi connectivity index (χ3n) is 1.57. The van der Waals surface area contributed by atoms with Gasteiger partial charge < -0.3 is 9.47 Å². The van der Waals surface area contributed by atoms with Crippen LogP contribution in [0.25, 0.3) is 0 Å². The Morgan fingerprint density at radius 1 is 1.53 bits per heavy atom. The summed E-state index contributed by atoms with van der Waals surface area (Å²) in [6, 6.07) is 0. The largest absolute Gasteiger partial charge is 0.464 e. The zero-order valence-electron chi connectivity index (χ0n) is 9.03. The van der Waals surface area contributed by atoms with Crippen LogP contribution in [0.1, 0.15) is 27.2 Å². The molecule has 1 amide bonds. The van der Waals surface area contributed by atoms with Crippen LogP contribution in [-0.4, -0.2) is 30.4 Å². The summed E-state index contributed by atoms with van der Waals surface area (Å²) in [4.78, 5) is 26.9. The molecule has 1 rings (SSSR count). The van der Waals surface area contributed by atoms with Crippen LogP contribution in [0.2, 0.25) is 0 Å². The Hall–Kier alpha value is -1.30. The van der Waals surface area contributed by atoms with Crippen molar-refractivity contribution in [3.63, 3.8) is 0 Å². The number of hydroxylamine groups is 1. The van der Waals surface area contributed by atoms with E-state index in [2.05, 4.69) is 4.74 Å². The van der Waals surface area contributed by atoms with E-state index in [-0.39, 0.29) is 0 Å². The highest BCUT2D eigenvalue weighted by Crippen LogP contribution is 2.10. The number of carbonyl (C=O) groups excluding carboxylic acids is 2. The summed E-state index contributed by atoms with van der Waals surface area (Å²) in [6.07, 6.45) is -1.01. The number of hydrogen-bond donors (Lipinski definition) is 1. The second-order valence-electron chi connectivity index (χ2n) is 4.17. The van der Waals surface area contributed by atoms with Gasteiger partial charge >= 0.3 is 12.1 Å². The quantitative estimate of drug-likeness (QED) is 0.546. The van der Waals surface area contributed by atoms with E-state index in [0.717, 1.165) is 0 Å². The molecular weight excluding hydrogens is 202 g/mol. The highest BCUT2D eigenvalue weighted by molar-refractivity contribution is 5.76. The van der Waals surface area contributed by atoms with Crippen molar-refractivity contribution in [2.75, 3.05) is 6.61 Å². The van der Waals surface area contributed by atoms with E-state index in [1.165, 1.54) is 0 Å². The van der Waals surface area contributed by atoms with E-state index < -0.39 is 23.8 Å². The van der Waals surface area contributed by atoms with Gasteiger partial charge in [0.1, 0.15) is 5.60 Å². The first-order chi connectivity index (χ1) is 6.88. The predicted octanol–water partition coefficient (Wildman–Crippen LogP) is 0.758. The number of carbonyl (C=O) groups is 2. The zero-order chi connectivity index (χ0) is 11.5. The Bertz CT molecular complexity index is 258. The summed E-state index contributed by atoms with van der Waals surface area (Å²) in [5.74, 6) is -0.467. The van der Waals surface area contributed by atoms with Gasteiger partial charge in [0.15, 0.2) is 6.10 Å². The van der Waals surface area contributed by atoms with Crippen LogP contribution in [0.5, 0.6) is 0 Å². The summed E-state index contributed by atoms with van der Waals surface area (Å²) in [5, 5.41) is 0. The van der Waals surface area contributed by atoms with Crippen LogP contribution in [0.15, 0.2) is 0 Å². The average Bonchev–Trinajstić information content (AvgIpc) is 2.44. The molecule has 0 saturated carbocycles. The van der Waals surface area contributed by atoms with Crippen molar-refractivity contribution in [2.24, 2.45) is 0 Å². The maximum Gasteiger partial charge on any atom is 0.431 e. The van der Waals surface area contributed by atoms with Crippen molar-refractivity contribution < 1.29 is 23.9 Å². The molecule has 1 aliphatic rings. The highest BCUT2D eigenvalue weighted by Gasteiger charge is 2.29. The molecule has 6 heteroatoms. The van der Waals surface area contributed by atoms with Crippen molar-refractivity contribution in [3.05, 3.63) is 0 Å². The summed E-state index contributed by atoms with van der Waals surface area (Å²) in [6.45, 7) is 5.52. The van der Waals surface area contributed by atoms with Crippen LogP contribution in [0.3, 0.4) is 0 Å². The topological polar surface area (TPSA) is 73.9 Å². The molecule has 1 N–H and O–H groups in total. The minimum absolute atomic E-state index is 0.319. The molecule has 0 aromatic heterocycles. The van der Waals surface area contributed by atoms with Gasteiger partial charge in [-0.1, -0.05) is 0 Å². The van der Waals surface area contributed by atoms with Crippen LogP contribution in [0, 0.1) is 0 Å². The number of cyclic esters (lactones) is 1. The molecule has 15 heavy (non-hydrogen) atoms. The lowest BCUT2D eigenvalue weighted by atomic mass is 10.2. The van der Waals surface area contributed by atoms with E-state index in [1.807, 2.05) is 5.48 Å². The lowest BCUT2D eigenvalue weighted by Crippen LogP contribution is -2.36. The Labute approximate surface area is 87.8 Å². The predicted molar refractivity (Wildman–Crippen MR) is 49.8 cm³/mol. The van der Waals surface area contributed by atoms with E-state index >= 15 is 0 Å². The molecule has 0 unspecified atom stereocenters. The van der Waals surface area contributed by atoms with E-state index in [0.29, 0.717) is 13.0 Å². The monoisotopic (exact) mass is 217 g/mol. The second kappa shape index (κ2) is 4.48. The number of esters is 1. The summed E-state index contributed by atoms with van der Waals surface area (Å²) in [5.41, 5.74) is 1.46. The van der Waals surface area contributed by atoms with Crippen LogP contribution < -0.4 is 5.48 Å². The number of amides is 1. The molecule has 6 nitrogen and oxygen atoms in total. The SMILES string of the molecule is CC(C)(C)OC(=O)NO[C@@H]1CCOC1=O. The van der Waals surface area contributed by atoms with Gasteiger partial charge in [0.2, 0.25) is 0 Å². The third kappa shape index (κ3) is 4.16. The average molecular weight is 217 g/mol. The van der Waals surface area contributed by atoms with E-state index in [1.54, 1.807) is 20.8 Å². The van der Waals surface area contributed by atoms with Crippen molar-refractivity contribution >= 4 is 12.1 Å². The fraction of sp³-hybridized carbons (Fsp3) is 0.778. The maximum atomic E-state index is 11.1. The number of ether oxygens (including phenoxy) is 2. The van der Waals surface area contributed by atoms with Gasteiger partial charge in [0.25, 0.3) is 0 Å². The van der Waals surface area contributed by atoms with Gasteiger partial charge in [-0.3, -0.25) is 4.84 Å². The van der Waals surface area contributed by atoms with Crippen LogP contribution in [0.4, 0.5) is 4.79 Å². The lowest BCUT2D eigenvalue weighted by Gasteiger charge is -2.19. The number of rotatable bonds is 2. The fourth-order valence-corrected chi connectivity index (χ4v) is 1.00. The van der Waals surface area contributed by atoms with Crippen molar-refractivity contribution in [3.8, 4) is 0 Å². The number of nitrogens with one attached hydrogen (secondary N) is 1. The minimum atomic E-state index is -0.725. The minimum Gasteiger partial charge on any atom is -0.464 e. The van der Waals surface area contributed by atoms with Gasteiger partial charge in [-0.25, -0.2) is 9.59 Å². The molecule has 0 radical (unpaired) electrons. The van der Waals surface area contributed by atoms with Gasteiger partial charge in [-0.2, -0.15) is 5.48 Å². The van der Waals surface area contributed by atoms with Crippen LogP contribution in [-0.2, 0) is 19.1 Å². The molecule has 0 spiro atoms. The summed E-state index contributed by atoms with van der Waals surface area (Å²) >= 11 is 0. The Balaban J connectivity index is 2.25. The molecule has 0 aliphatic carbocycles. The molecule has 0 bridgehead atoms. The highest BCUT2D eigenvalue weighted by atomic mass is 16.7. The Kier molecular flexibility index (Phi) is 3.52. The first-order valence-electron chi connectivity index (χ1n) is 4.70. The molecule has 1 heterocycles. The van der Waals surface area contributed by atoms with Crippen molar-refractivity contribution in [2.45, 2.75) is 38.9 Å². The molecule has 86 valence electrons. The van der Waals surface area contributed by atoms with Gasteiger partial charge in [0, 0.05) is 6.42 Å². The van der Waals surface area contributed by atoms with Crippen LogP contribution >= 0.6 is 0 Å². The molecule has 1 fully saturated rings. The molecule has 0 aromatic carbocycles. The Morgan fingerprint density at radius 3 is 2.67 bits per heavy atom. The first kappa shape index (κ1) is 11.8. The Morgan fingerprint density at radius 2 is 2.20 bits per heavy atom. The van der Waals surface area contributed by atoms with Gasteiger partial charge in [0.05, 0.1) is 6.61 Å². The second-order valence-corrected chi connectivity index (χ2v) is 4.17. The van der Waals surface area contributed by atoms with E-state index in [4.69, 9.17) is 9.57 Å². The zero-order valence-corrected chi connectivity index (χ0v) is 9.03. The molecular formula is C9H15NO5. The maximum absolute atomic E-state index is 11.1. The lowest BCUT2D eigenvalue weighted by molar-refractivity contribution is -0.150. The van der Waals surface area contributed by atoms with E-state index in [9.17, 15) is 9.59 Å². The third-order valence-corrected chi connectivity index (χ3v) is 1.57. The van der Waals surface area contributed by atoms with Crippen molar-refractivity contribution in [1.82, 2.24) is 5.48 Å². The molecule has 1 aliphatic heterocycles. The summed E-state index contributed by atoms with van der Waals surface area (Å²) < 4.78 is 9.55. The fourth-order valence-electron chi connectivity index (χ4n) is 1.00. The molecule has 0 aromatic rings. The molecule has 1 saturated heterocycles. The number of hydrogen-bond acceptors (Lipinski definition) is 5. The summed E-state index contributed by atoms with van der Waals surface area (Å²) in [7, 11) is 0. The van der Waals surface area contributed by atoms with Gasteiger partial charge in [-0.15, -0.1) is 0 Å². The molecule has 1 atom stereocenters.